The second kappa shape index (κ2) is 7.38. The molecule has 1 aliphatic heterocycles. The summed E-state index contributed by atoms with van der Waals surface area (Å²) >= 11 is 0. The highest BCUT2D eigenvalue weighted by Crippen LogP contribution is 2.36. The van der Waals surface area contributed by atoms with Crippen LogP contribution in [0.3, 0.4) is 0 Å². The lowest BCUT2D eigenvalue weighted by Gasteiger charge is -2.27. The monoisotopic (exact) mass is 407 g/mol. The predicted octanol–water partition coefficient (Wildman–Crippen LogP) is 3.14. The summed E-state index contributed by atoms with van der Waals surface area (Å²) in [6.45, 7) is 3.56. The van der Waals surface area contributed by atoms with Gasteiger partial charge in [-0.25, -0.2) is 4.39 Å². The van der Waals surface area contributed by atoms with Crippen molar-refractivity contribution in [2.24, 2.45) is 13.0 Å². The molecule has 0 N–H and O–H groups in total. The van der Waals surface area contributed by atoms with E-state index in [0.29, 0.717) is 32.5 Å². The third-order valence-electron chi connectivity index (χ3n) is 6.27. The van der Waals surface area contributed by atoms with E-state index in [1.807, 2.05) is 29.0 Å². The predicted molar refractivity (Wildman–Crippen MR) is 111 cm³/mol. The minimum Gasteiger partial charge on any atom is -0.338 e. The van der Waals surface area contributed by atoms with Crippen molar-refractivity contribution < 1.29 is 9.18 Å². The summed E-state index contributed by atoms with van der Waals surface area (Å²) in [7, 11) is 1.91. The van der Waals surface area contributed by atoms with E-state index in [2.05, 4.69) is 29.4 Å². The van der Waals surface area contributed by atoms with Gasteiger partial charge in [0.1, 0.15) is 6.17 Å². The summed E-state index contributed by atoms with van der Waals surface area (Å²) in [5.41, 5.74) is 6.71. The SMILES string of the molecule is CC(=O)N1CCc2c(c(Cc3ccc(-c4cnn(C)c4)cc3)nn2C[C@@H]2C[C@H]2F)C1. The Bertz CT molecular complexity index is 1080. The van der Waals surface area contributed by atoms with Crippen LogP contribution in [0.15, 0.2) is 36.7 Å². The number of hydrogen-bond acceptors (Lipinski definition) is 3. The summed E-state index contributed by atoms with van der Waals surface area (Å²) in [6, 6.07) is 8.46. The lowest BCUT2D eigenvalue weighted by Crippen LogP contribution is -2.35. The van der Waals surface area contributed by atoms with Gasteiger partial charge in [0.25, 0.3) is 0 Å². The highest BCUT2D eigenvalue weighted by molar-refractivity contribution is 5.73. The van der Waals surface area contributed by atoms with Gasteiger partial charge in [0, 0.05) is 75.4 Å². The number of fused-ring (bicyclic) bond motifs is 1. The van der Waals surface area contributed by atoms with Crippen molar-refractivity contribution in [1.29, 1.82) is 0 Å². The van der Waals surface area contributed by atoms with Gasteiger partial charge in [0.2, 0.25) is 5.91 Å². The fourth-order valence-electron chi connectivity index (χ4n) is 4.32. The van der Waals surface area contributed by atoms with Crippen LogP contribution in [0.5, 0.6) is 0 Å². The number of nitrogens with zero attached hydrogens (tertiary/aromatic N) is 5. The van der Waals surface area contributed by atoms with Gasteiger partial charge in [-0.2, -0.15) is 10.2 Å². The highest BCUT2D eigenvalue weighted by Gasteiger charge is 2.39. The molecule has 2 aromatic heterocycles. The molecular formula is C23H26FN5O. The molecule has 0 spiro atoms. The average Bonchev–Trinajstić information content (AvgIpc) is 3.10. The van der Waals surface area contributed by atoms with Crippen LogP contribution in [0, 0.1) is 5.92 Å². The topological polar surface area (TPSA) is 56.0 Å². The molecule has 3 aromatic rings. The van der Waals surface area contributed by atoms with Crippen LogP contribution in [-0.4, -0.2) is 43.1 Å². The quantitative estimate of drug-likeness (QED) is 0.653. The summed E-state index contributed by atoms with van der Waals surface area (Å²) in [5.74, 6) is 0.178. The molecule has 0 radical (unpaired) electrons. The van der Waals surface area contributed by atoms with Crippen molar-refractivity contribution in [3.8, 4) is 11.1 Å². The maximum Gasteiger partial charge on any atom is 0.219 e. The number of carbonyl (C=O) groups excluding carboxylic acids is 1. The zero-order valence-corrected chi connectivity index (χ0v) is 17.4. The third-order valence-corrected chi connectivity index (χ3v) is 6.27. The summed E-state index contributed by atoms with van der Waals surface area (Å²) in [4.78, 5) is 13.8. The number of hydrogen-bond donors (Lipinski definition) is 0. The van der Waals surface area contributed by atoms with E-state index in [-0.39, 0.29) is 11.8 Å². The minimum atomic E-state index is -0.689. The van der Waals surface area contributed by atoms with Crippen molar-refractivity contribution in [1.82, 2.24) is 24.5 Å². The first-order valence-electron chi connectivity index (χ1n) is 10.5. The van der Waals surface area contributed by atoms with E-state index >= 15 is 0 Å². The Morgan fingerprint density at radius 2 is 2.00 bits per heavy atom. The Kier molecular flexibility index (Phi) is 4.68. The standard InChI is InChI=1S/C23H26FN5O/c1-15(30)28-8-7-23-20(14-28)22(26-29(23)13-18-10-21(18)24)9-16-3-5-17(6-4-16)19-11-25-27(2)12-19/h3-6,11-12,18,21H,7-10,13-14H2,1-2H3/t18-,21+/m0/s1. The number of aromatic nitrogens is 4. The molecule has 0 unspecified atom stereocenters. The number of benzene rings is 1. The number of rotatable bonds is 5. The first kappa shape index (κ1) is 19.0. The van der Waals surface area contributed by atoms with Crippen LogP contribution in [-0.2, 0) is 37.8 Å². The molecule has 156 valence electrons. The fourth-order valence-corrected chi connectivity index (χ4v) is 4.32. The smallest absolute Gasteiger partial charge is 0.219 e. The summed E-state index contributed by atoms with van der Waals surface area (Å²) in [6.07, 6.45) is 5.30. The van der Waals surface area contributed by atoms with Crippen molar-refractivity contribution in [2.45, 2.75) is 45.4 Å². The van der Waals surface area contributed by atoms with Crippen molar-refractivity contribution in [2.75, 3.05) is 6.54 Å². The molecule has 2 atom stereocenters. The number of aryl methyl sites for hydroxylation is 1. The molecule has 0 bridgehead atoms. The van der Waals surface area contributed by atoms with Gasteiger partial charge in [-0.3, -0.25) is 14.2 Å². The molecule has 5 rings (SSSR count). The maximum atomic E-state index is 13.5. The Balaban J connectivity index is 1.41. The van der Waals surface area contributed by atoms with Crippen LogP contribution >= 0.6 is 0 Å². The molecule has 0 saturated heterocycles. The first-order valence-corrected chi connectivity index (χ1v) is 10.5. The van der Waals surface area contributed by atoms with Crippen LogP contribution < -0.4 is 0 Å². The van der Waals surface area contributed by atoms with Gasteiger partial charge in [0.05, 0.1) is 11.9 Å². The molecule has 1 fully saturated rings. The normalized spacial score (nSPS) is 20.3. The molecule has 1 aromatic carbocycles. The van der Waals surface area contributed by atoms with Crippen molar-refractivity contribution >= 4 is 5.91 Å². The first-order chi connectivity index (χ1) is 14.5. The lowest BCUT2D eigenvalue weighted by molar-refractivity contribution is -0.129. The minimum absolute atomic E-state index is 0.0891. The van der Waals surface area contributed by atoms with Crippen molar-refractivity contribution in [3.05, 3.63) is 59.2 Å². The molecular weight excluding hydrogens is 381 g/mol. The zero-order valence-electron chi connectivity index (χ0n) is 17.4. The van der Waals surface area contributed by atoms with Crippen LogP contribution in [0.1, 0.15) is 35.9 Å². The Hall–Kier alpha value is -2.96. The molecule has 30 heavy (non-hydrogen) atoms. The van der Waals surface area contributed by atoms with Crippen LogP contribution in [0.2, 0.25) is 0 Å². The van der Waals surface area contributed by atoms with E-state index in [4.69, 9.17) is 5.10 Å². The number of alkyl halides is 1. The fraction of sp³-hybridized carbons (Fsp3) is 0.435. The lowest BCUT2D eigenvalue weighted by atomic mass is 9.99. The maximum absolute atomic E-state index is 13.5. The summed E-state index contributed by atoms with van der Waals surface area (Å²) in [5, 5.41) is 9.11. The Labute approximate surface area is 175 Å². The van der Waals surface area contributed by atoms with Gasteiger partial charge in [-0.1, -0.05) is 24.3 Å². The van der Waals surface area contributed by atoms with Gasteiger partial charge in [0.15, 0.2) is 0 Å². The second-order valence-electron chi connectivity index (χ2n) is 8.53. The van der Waals surface area contributed by atoms with Gasteiger partial charge in [-0.05, 0) is 17.5 Å². The van der Waals surface area contributed by atoms with E-state index < -0.39 is 6.17 Å². The molecule has 1 amide bonds. The van der Waals surface area contributed by atoms with Crippen LogP contribution in [0.25, 0.3) is 11.1 Å². The molecule has 7 heteroatoms. The number of carbonyl (C=O) groups is 1. The van der Waals surface area contributed by atoms with Gasteiger partial charge < -0.3 is 4.90 Å². The average molecular weight is 407 g/mol. The molecule has 3 heterocycles. The Morgan fingerprint density at radius 1 is 1.23 bits per heavy atom. The van der Waals surface area contributed by atoms with E-state index in [9.17, 15) is 9.18 Å². The van der Waals surface area contributed by atoms with E-state index in [1.54, 1.807) is 11.6 Å². The number of amides is 1. The molecule has 2 aliphatic rings. The molecule has 1 saturated carbocycles. The zero-order chi connectivity index (χ0) is 20.8. The number of halogens is 1. The second-order valence-corrected chi connectivity index (χ2v) is 8.53. The van der Waals surface area contributed by atoms with E-state index in [1.165, 1.54) is 11.3 Å². The van der Waals surface area contributed by atoms with Gasteiger partial charge >= 0.3 is 0 Å². The highest BCUT2D eigenvalue weighted by atomic mass is 19.1. The summed E-state index contributed by atoms with van der Waals surface area (Å²) < 4.78 is 17.3. The molecule has 1 aliphatic carbocycles. The van der Waals surface area contributed by atoms with Crippen LogP contribution in [0.4, 0.5) is 4.39 Å². The third kappa shape index (κ3) is 3.64. The molecule has 6 nitrogen and oxygen atoms in total. The van der Waals surface area contributed by atoms with Gasteiger partial charge in [-0.15, -0.1) is 0 Å². The van der Waals surface area contributed by atoms with E-state index in [0.717, 1.165) is 28.8 Å². The largest absolute Gasteiger partial charge is 0.338 e. The Morgan fingerprint density at radius 3 is 2.63 bits per heavy atom. The van der Waals surface area contributed by atoms with Crippen molar-refractivity contribution in [3.63, 3.8) is 0 Å².